The molecule has 1 aliphatic heterocycles. The van der Waals surface area contributed by atoms with Crippen molar-refractivity contribution in [2.45, 2.75) is 6.92 Å². The maximum atomic E-state index is 13.1. The Morgan fingerprint density at radius 1 is 1.13 bits per heavy atom. The van der Waals surface area contributed by atoms with Gasteiger partial charge in [0.2, 0.25) is 0 Å². The predicted octanol–water partition coefficient (Wildman–Crippen LogP) is 5.50. The average Bonchev–Trinajstić information content (AvgIpc) is 3.15. The van der Waals surface area contributed by atoms with E-state index in [0.717, 1.165) is 15.6 Å². The lowest BCUT2D eigenvalue weighted by molar-refractivity contribution is -0.122. The quantitative estimate of drug-likeness (QED) is 0.292. The molecular formula is C22H14BrClN2O3S. The number of nitrogens with one attached hydrogen (secondary N) is 1. The molecule has 2 amide bonds. The Morgan fingerprint density at radius 3 is 2.63 bits per heavy atom. The molecule has 1 aromatic heterocycles. The van der Waals surface area contributed by atoms with Gasteiger partial charge in [0, 0.05) is 10.0 Å². The molecule has 0 aliphatic carbocycles. The van der Waals surface area contributed by atoms with Gasteiger partial charge in [-0.2, -0.15) is 0 Å². The van der Waals surface area contributed by atoms with E-state index in [4.69, 9.17) is 28.2 Å². The van der Waals surface area contributed by atoms with Crippen molar-refractivity contribution < 1.29 is 14.0 Å². The van der Waals surface area contributed by atoms with Gasteiger partial charge in [0.1, 0.15) is 17.1 Å². The molecule has 5 nitrogen and oxygen atoms in total. The number of thiocarbonyl (C=S) groups is 1. The van der Waals surface area contributed by atoms with Crippen LogP contribution in [0.2, 0.25) is 5.02 Å². The normalized spacial score (nSPS) is 15.6. The highest BCUT2D eigenvalue weighted by atomic mass is 79.9. The van der Waals surface area contributed by atoms with Gasteiger partial charge in [-0.3, -0.25) is 19.8 Å². The van der Waals surface area contributed by atoms with Crippen LogP contribution in [0, 0.1) is 6.92 Å². The predicted molar refractivity (Wildman–Crippen MR) is 124 cm³/mol. The number of para-hydroxylation sites is 1. The fourth-order valence-electron chi connectivity index (χ4n) is 3.05. The maximum absolute atomic E-state index is 13.1. The summed E-state index contributed by atoms with van der Waals surface area (Å²) in [4.78, 5) is 26.7. The summed E-state index contributed by atoms with van der Waals surface area (Å²) in [5.74, 6) is -0.201. The SMILES string of the molecule is Cc1ccc(-c2ccc(/C=C3/C(=O)NC(=S)N(c4ccccc4Cl)C3=O)o2)c(Br)c1. The molecular weight excluding hydrogens is 488 g/mol. The lowest BCUT2D eigenvalue weighted by atomic mass is 10.1. The summed E-state index contributed by atoms with van der Waals surface area (Å²) in [5.41, 5.74) is 2.26. The molecule has 0 bridgehead atoms. The van der Waals surface area contributed by atoms with Crippen LogP contribution in [0.1, 0.15) is 11.3 Å². The molecule has 1 N–H and O–H groups in total. The van der Waals surface area contributed by atoms with E-state index in [-0.39, 0.29) is 10.7 Å². The zero-order valence-electron chi connectivity index (χ0n) is 15.6. The number of carbonyl (C=O) groups is 2. The minimum Gasteiger partial charge on any atom is -0.457 e. The topological polar surface area (TPSA) is 62.6 Å². The standard InChI is InChI=1S/C22H14BrClN2O3S/c1-12-6-8-14(16(23)10-12)19-9-7-13(29-19)11-15-20(27)25-22(30)26(21(15)28)18-5-3-2-4-17(18)24/h2-11H,1H3,(H,25,27,30)/b15-11-. The largest absolute Gasteiger partial charge is 0.457 e. The number of halogens is 2. The van der Waals surface area contributed by atoms with Gasteiger partial charge >= 0.3 is 0 Å². The van der Waals surface area contributed by atoms with E-state index in [0.29, 0.717) is 22.2 Å². The summed E-state index contributed by atoms with van der Waals surface area (Å²) >= 11 is 14.9. The van der Waals surface area contributed by atoms with Crippen LogP contribution < -0.4 is 10.2 Å². The Balaban J connectivity index is 1.70. The number of amides is 2. The first-order valence-corrected chi connectivity index (χ1v) is 10.5. The molecule has 2 heterocycles. The van der Waals surface area contributed by atoms with Crippen LogP contribution in [-0.4, -0.2) is 16.9 Å². The third-order valence-electron chi connectivity index (χ3n) is 4.50. The highest BCUT2D eigenvalue weighted by molar-refractivity contribution is 9.10. The Hall–Kier alpha value is -2.74. The molecule has 4 rings (SSSR count). The van der Waals surface area contributed by atoms with Crippen LogP contribution in [0.15, 0.2) is 69.1 Å². The summed E-state index contributed by atoms with van der Waals surface area (Å²) in [6.45, 7) is 2.00. The number of furan rings is 1. The molecule has 8 heteroatoms. The van der Waals surface area contributed by atoms with Crippen molar-refractivity contribution in [3.8, 4) is 11.3 Å². The van der Waals surface area contributed by atoms with Crippen molar-refractivity contribution in [2.75, 3.05) is 4.90 Å². The van der Waals surface area contributed by atoms with Crippen LogP contribution in [0.3, 0.4) is 0 Å². The summed E-state index contributed by atoms with van der Waals surface area (Å²) in [6, 6.07) is 16.1. The van der Waals surface area contributed by atoms with Gasteiger partial charge in [-0.15, -0.1) is 0 Å². The van der Waals surface area contributed by atoms with Gasteiger partial charge in [0.25, 0.3) is 11.8 Å². The van der Waals surface area contributed by atoms with Gasteiger partial charge in [0.05, 0.1) is 10.7 Å². The summed E-state index contributed by atoms with van der Waals surface area (Å²) < 4.78 is 6.75. The van der Waals surface area contributed by atoms with Crippen molar-refractivity contribution in [1.29, 1.82) is 0 Å². The molecule has 0 atom stereocenters. The monoisotopic (exact) mass is 500 g/mol. The van der Waals surface area contributed by atoms with Crippen molar-refractivity contribution in [1.82, 2.24) is 5.32 Å². The Kier molecular flexibility index (Phi) is 5.60. The molecule has 2 aromatic carbocycles. The fourth-order valence-corrected chi connectivity index (χ4v) is 4.23. The van der Waals surface area contributed by atoms with Gasteiger partial charge in [-0.1, -0.05) is 45.7 Å². The van der Waals surface area contributed by atoms with Gasteiger partial charge in [-0.25, -0.2) is 0 Å². The van der Waals surface area contributed by atoms with Crippen LogP contribution >= 0.6 is 39.7 Å². The number of rotatable bonds is 3. The van der Waals surface area contributed by atoms with E-state index < -0.39 is 11.8 Å². The van der Waals surface area contributed by atoms with E-state index in [2.05, 4.69) is 21.2 Å². The van der Waals surface area contributed by atoms with Crippen LogP contribution in [0.5, 0.6) is 0 Å². The van der Waals surface area contributed by atoms with Crippen molar-refractivity contribution >= 4 is 68.4 Å². The van der Waals surface area contributed by atoms with Crippen LogP contribution in [0.25, 0.3) is 17.4 Å². The van der Waals surface area contributed by atoms with E-state index >= 15 is 0 Å². The zero-order chi connectivity index (χ0) is 21.4. The Bertz CT molecular complexity index is 1230. The highest BCUT2D eigenvalue weighted by Crippen LogP contribution is 2.32. The Morgan fingerprint density at radius 2 is 1.90 bits per heavy atom. The number of carbonyl (C=O) groups excluding carboxylic acids is 2. The molecule has 30 heavy (non-hydrogen) atoms. The average molecular weight is 502 g/mol. The maximum Gasteiger partial charge on any atom is 0.270 e. The first-order valence-electron chi connectivity index (χ1n) is 8.87. The first kappa shape index (κ1) is 20.5. The minimum absolute atomic E-state index is 0.0287. The van der Waals surface area contributed by atoms with Crippen LogP contribution in [-0.2, 0) is 9.59 Å². The molecule has 0 saturated carbocycles. The van der Waals surface area contributed by atoms with Gasteiger partial charge < -0.3 is 4.42 Å². The molecule has 0 radical (unpaired) electrons. The second-order valence-electron chi connectivity index (χ2n) is 6.59. The minimum atomic E-state index is -0.595. The molecule has 1 fully saturated rings. The number of hydrogen-bond donors (Lipinski definition) is 1. The molecule has 1 aliphatic rings. The molecule has 0 spiro atoms. The van der Waals surface area contributed by atoms with E-state index in [1.54, 1.807) is 36.4 Å². The smallest absolute Gasteiger partial charge is 0.270 e. The number of hydrogen-bond acceptors (Lipinski definition) is 4. The second-order valence-corrected chi connectivity index (χ2v) is 8.24. The number of aryl methyl sites for hydroxylation is 1. The lowest BCUT2D eigenvalue weighted by Gasteiger charge is -2.29. The molecule has 3 aromatic rings. The van der Waals surface area contributed by atoms with Crippen molar-refractivity contribution in [3.63, 3.8) is 0 Å². The summed E-state index contributed by atoms with van der Waals surface area (Å²) in [7, 11) is 0. The molecule has 0 unspecified atom stereocenters. The van der Waals surface area contributed by atoms with E-state index in [9.17, 15) is 9.59 Å². The lowest BCUT2D eigenvalue weighted by Crippen LogP contribution is -2.54. The third kappa shape index (κ3) is 3.84. The fraction of sp³-hybridized carbons (Fsp3) is 0.0455. The highest BCUT2D eigenvalue weighted by Gasteiger charge is 2.35. The van der Waals surface area contributed by atoms with E-state index in [1.165, 1.54) is 11.0 Å². The summed E-state index contributed by atoms with van der Waals surface area (Å²) in [5, 5.41) is 2.84. The Labute approximate surface area is 191 Å². The van der Waals surface area contributed by atoms with Crippen molar-refractivity contribution in [3.05, 3.63) is 81.0 Å². The molecule has 150 valence electrons. The van der Waals surface area contributed by atoms with Gasteiger partial charge in [0.15, 0.2) is 5.11 Å². The van der Waals surface area contributed by atoms with Crippen LogP contribution in [0.4, 0.5) is 5.69 Å². The number of nitrogens with zero attached hydrogens (tertiary/aromatic N) is 1. The van der Waals surface area contributed by atoms with Crippen molar-refractivity contribution in [2.24, 2.45) is 0 Å². The zero-order valence-corrected chi connectivity index (χ0v) is 18.8. The number of anilines is 1. The third-order valence-corrected chi connectivity index (χ3v) is 5.76. The van der Waals surface area contributed by atoms with Gasteiger partial charge in [-0.05, 0) is 67.2 Å². The second kappa shape index (κ2) is 8.18. The molecule has 1 saturated heterocycles. The number of benzene rings is 2. The van der Waals surface area contributed by atoms with E-state index in [1.807, 2.05) is 25.1 Å². The first-order chi connectivity index (χ1) is 14.3. The summed E-state index contributed by atoms with van der Waals surface area (Å²) in [6.07, 6.45) is 1.40.